The van der Waals surface area contributed by atoms with Crippen LogP contribution in [-0.4, -0.2) is 54.2 Å². The Kier molecular flexibility index (Phi) is 3.00. The molecule has 1 spiro atoms. The van der Waals surface area contributed by atoms with Crippen molar-refractivity contribution in [3.8, 4) is 0 Å². The first-order chi connectivity index (χ1) is 6.76. The van der Waals surface area contributed by atoms with Crippen molar-refractivity contribution < 1.29 is 28.2 Å². The Bertz CT molecular complexity index is 356. The van der Waals surface area contributed by atoms with Crippen LogP contribution in [0.25, 0.3) is 0 Å². The number of rotatable bonds is 0. The van der Waals surface area contributed by atoms with E-state index >= 15 is 0 Å². The average molecular weight is 237 g/mol. The van der Waals surface area contributed by atoms with E-state index in [9.17, 15) is 8.42 Å². The van der Waals surface area contributed by atoms with E-state index in [2.05, 4.69) is 5.32 Å². The molecular weight excluding hydrogens is 226 g/mol. The van der Waals surface area contributed by atoms with Gasteiger partial charge >= 0.3 is 11.9 Å². The molecule has 7 nitrogen and oxygen atoms in total. The van der Waals surface area contributed by atoms with E-state index in [1.165, 1.54) is 0 Å². The van der Waals surface area contributed by atoms with E-state index in [1.807, 2.05) is 0 Å². The molecule has 0 aromatic carbocycles. The molecule has 0 radical (unpaired) electrons. The van der Waals surface area contributed by atoms with Crippen molar-refractivity contribution in [1.29, 1.82) is 0 Å². The summed E-state index contributed by atoms with van der Waals surface area (Å²) >= 11 is 0. The summed E-state index contributed by atoms with van der Waals surface area (Å²) in [6.07, 6.45) is 1.05. The molecule has 2 heterocycles. The Balaban J connectivity index is 0.000000167. The summed E-state index contributed by atoms with van der Waals surface area (Å²) in [6.45, 7) is 0.996. The average Bonchev–Trinajstić information content (AvgIpc) is 1.97. The van der Waals surface area contributed by atoms with Crippen LogP contribution in [0.2, 0.25) is 0 Å². The smallest absolute Gasteiger partial charge is 0.414 e. The van der Waals surface area contributed by atoms with Crippen LogP contribution in [0, 0.1) is 0 Å². The maximum absolute atomic E-state index is 10.7. The maximum Gasteiger partial charge on any atom is 0.414 e. The standard InChI is InChI=1S/C5H9NO2S.C2H2O4/c7-9(8)3-5(4-9)1-2-6-5;3-1(4)2(5)6/h6H,1-4H2;(H,3,4)(H,5,6). The fraction of sp³-hybridized carbons (Fsp3) is 0.714. The van der Waals surface area contributed by atoms with Gasteiger partial charge in [0.15, 0.2) is 9.84 Å². The molecule has 0 amide bonds. The van der Waals surface area contributed by atoms with Gasteiger partial charge in [-0.05, 0) is 13.0 Å². The molecule has 0 aliphatic carbocycles. The zero-order valence-electron chi connectivity index (χ0n) is 7.76. The highest BCUT2D eigenvalue weighted by Crippen LogP contribution is 2.31. The van der Waals surface area contributed by atoms with Crippen LogP contribution in [-0.2, 0) is 19.4 Å². The lowest BCUT2D eigenvalue weighted by atomic mass is 9.92. The van der Waals surface area contributed by atoms with Crippen LogP contribution in [0.5, 0.6) is 0 Å². The minimum Gasteiger partial charge on any atom is -0.473 e. The van der Waals surface area contributed by atoms with Crippen molar-refractivity contribution in [3.05, 3.63) is 0 Å². The van der Waals surface area contributed by atoms with Crippen LogP contribution in [0.4, 0.5) is 0 Å². The predicted molar refractivity (Wildman–Crippen MR) is 49.3 cm³/mol. The molecule has 2 saturated heterocycles. The Morgan fingerprint density at radius 2 is 1.53 bits per heavy atom. The van der Waals surface area contributed by atoms with E-state index in [1.54, 1.807) is 0 Å². The Morgan fingerprint density at radius 3 is 1.60 bits per heavy atom. The molecular formula is C7H11NO6S. The van der Waals surface area contributed by atoms with Gasteiger partial charge in [-0.3, -0.25) is 0 Å². The third kappa shape index (κ3) is 2.90. The number of hydrogen-bond acceptors (Lipinski definition) is 5. The molecule has 2 aliphatic rings. The van der Waals surface area contributed by atoms with Gasteiger partial charge in [0, 0.05) is 5.54 Å². The Hall–Kier alpha value is -1.15. The van der Waals surface area contributed by atoms with Gasteiger partial charge < -0.3 is 15.5 Å². The van der Waals surface area contributed by atoms with Crippen LogP contribution >= 0.6 is 0 Å². The van der Waals surface area contributed by atoms with Crippen molar-refractivity contribution >= 4 is 21.8 Å². The summed E-state index contributed by atoms with van der Waals surface area (Å²) in [4.78, 5) is 18.2. The number of aliphatic carboxylic acids is 2. The second-order valence-electron chi connectivity index (χ2n) is 3.60. The quantitative estimate of drug-likeness (QED) is 0.429. The van der Waals surface area contributed by atoms with E-state index in [4.69, 9.17) is 19.8 Å². The van der Waals surface area contributed by atoms with E-state index in [-0.39, 0.29) is 5.54 Å². The van der Waals surface area contributed by atoms with Crippen LogP contribution in [0.1, 0.15) is 6.42 Å². The van der Waals surface area contributed by atoms with E-state index in [0.29, 0.717) is 11.5 Å². The highest BCUT2D eigenvalue weighted by atomic mass is 32.2. The number of carboxylic acid groups (broad SMARTS) is 2. The molecule has 15 heavy (non-hydrogen) atoms. The fourth-order valence-electron chi connectivity index (χ4n) is 1.52. The van der Waals surface area contributed by atoms with E-state index < -0.39 is 21.8 Å². The molecule has 0 bridgehead atoms. The molecule has 86 valence electrons. The van der Waals surface area contributed by atoms with Crippen LogP contribution in [0.15, 0.2) is 0 Å². The zero-order valence-corrected chi connectivity index (χ0v) is 8.58. The van der Waals surface area contributed by atoms with Crippen LogP contribution in [0.3, 0.4) is 0 Å². The molecule has 0 aromatic heterocycles. The number of carbonyl (C=O) groups is 2. The summed E-state index contributed by atoms with van der Waals surface area (Å²) in [5, 5.41) is 17.9. The Labute approximate surface area is 86.0 Å². The predicted octanol–water partition coefficient (Wildman–Crippen LogP) is -1.70. The molecule has 3 N–H and O–H groups in total. The van der Waals surface area contributed by atoms with Gasteiger partial charge in [0.1, 0.15) is 0 Å². The van der Waals surface area contributed by atoms with E-state index in [0.717, 1.165) is 13.0 Å². The van der Waals surface area contributed by atoms with Crippen molar-refractivity contribution in [2.45, 2.75) is 12.0 Å². The maximum atomic E-state index is 10.7. The molecule has 8 heteroatoms. The SMILES string of the molecule is O=C(O)C(=O)O.O=S1(=O)CC2(CCN2)C1. The number of sulfone groups is 1. The zero-order chi connectivity index (χ0) is 11.7. The molecule has 0 saturated carbocycles. The lowest BCUT2D eigenvalue weighted by molar-refractivity contribution is -0.159. The third-order valence-electron chi connectivity index (χ3n) is 2.28. The first kappa shape index (κ1) is 11.9. The highest BCUT2D eigenvalue weighted by Gasteiger charge is 2.51. The lowest BCUT2D eigenvalue weighted by Crippen LogP contribution is -2.71. The van der Waals surface area contributed by atoms with Gasteiger partial charge in [0.25, 0.3) is 0 Å². The molecule has 2 fully saturated rings. The lowest BCUT2D eigenvalue weighted by Gasteiger charge is -2.49. The first-order valence-corrected chi connectivity index (χ1v) is 6.00. The Morgan fingerprint density at radius 1 is 1.13 bits per heavy atom. The molecule has 0 atom stereocenters. The molecule has 2 rings (SSSR count). The topological polar surface area (TPSA) is 121 Å². The summed E-state index contributed by atoms with van der Waals surface area (Å²) < 4.78 is 21.3. The van der Waals surface area contributed by atoms with Gasteiger partial charge in [-0.15, -0.1) is 0 Å². The number of carboxylic acids is 2. The number of hydrogen-bond donors (Lipinski definition) is 3. The van der Waals surface area contributed by atoms with Crippen molar-refractivity contribution in [3.63, 3.8) is 0 Å². The summed E-state index contributed by atoms with van der Waals surface area (Å²) in [5.41, 5.74) is 0.0405. The van der Waals surface area contributed by atoms with Crippen molar-refractivity contribution in [2.24, 2.45) is 0 Å². The van der Waals surface area contributed by atoms with Gasteiger partial charge in [0.05, 0.1) is 11.5 Å². The van der Waals surface area contributed by atoms with Gasteiger partial charge in [-0.1, -0.05) is 0 Å². The fourth-order valence-corrected chi connectivity index (χ4v) is 3.62. The monoisotopic (exact) mass is 237 g/mol. The molecule has 0 aromatic rings. The summed E-state index contributed by atoms with van der Waals surface area (Å²) in [5.74, 6) is -2.90. The normalized spacial score (nSPS) is 24.0. The second kappa shape index (κ2) is 3.78. The highest BCUT2D eigenvalue weighted by molar-refractivity contribution is 7.93. The molecule has 0 unspecified atom stereocenters. The van der Waals surface area contributed by atoms with Gasteiger partial charge in [-0.2, -0.15) is 0 Å². The second-order valence-corrected chi connectivity index (χ2v) is 5.66. The molecule has 2 aliphatic heterocycles. The van der Waals surface area contributed by atoms with Crippen molar-refractivity contribution in [1.82, 2.24) is 5.32 Å². The van der Waals surface area contributed by atoms with Gasteiger partial charge in [-0.25, -0.2) is 18.0 Å². The van der Waals surface area contributed by atoms with Crippen molar-refractivity contribution in [2.75, 3.05) is 18.1 Å². The third-order valence-corrected chi connectivity index (χ3v) is 4.26. The van der Waals surface area contributed by atoms with Crippen LogP contribution < -0.4 is 5.32 Å². The number of nitrogens with one attached hydrogen (secondary N) is 1. The summed E-state index contributed by atoms with van der Waals surface area (Å²) in [6, 6.07) is 0. The minimum absolute atomic E-state index is 0.0405. The summed E-state index contributed by atoms with van der Waals surface area (Å²) in [7, 11) is -2.61. The largest absolute Gasteiger partial charge is 0.473 e. The first-order valence-electron chi connectivity index (χ1n) is 4.18. The minimum atomic E-state index is -2.61. The van der Waals surface area contributed by atoms with Gasteiger partial charge in [0.2, 0.25) is 0 Å².